The number of nitrogens with one attached hydrogen (secondary N) is 3. The van der Waals surface area contributed by atoms with Crippen molar-refractivity contribution in [1.29, 1.82) is 0 Å². The Bertz CT molecular complexity index is 1750. The van der Waals surface area contributed by atoms with E-state index in [0.717, 1.165) is 44.3 Å². The van der Waals surface area contributed by atoms with Crippen LogP contribution in [0.15, 0.2) is 46.0 Å². The minimum absolute atomic E-state index is 0.0642. The molecule has 1 saturated heterocycles. The monoisotopic (exact) mass is 808 g/mol. The second-order valence-corrected chi connectivity index (χ2v) is 12.4. The average molecular weight is 809 g/mol. The number of fused-ring (bicyclic) bond motifs is 1. The molecule has 4 atom stereocenters. The molecule has 3 heterocycles. The molecule has 318 valence electrons. The Balaban J connectivity index is 0.000000699. The van der Waals surface area contributed by atoms with Crippen LogP contribution in [0.2, 0.25) is 0 Å². The fourth-order valence-corrected chi connectivity index (χ4v) is 4.65. The molecule has 2 amide bonds. The van der Waals surface area contributed by atoms with Crippen molar-refractivity contribution in [3.63, 3.8) is 0 Å². The number of H-pyrrole nitrogens is 1. The second kappa shape index (κ2) is 28.5. The Hall–Kier alpha value is -5.94. The highest BCUT2D eigenvalue weighted by atomic mass is 16.4. The molecule has 0 radical (unpaired) electrons. The molecule has 3 aromatic rings. The minimum Gasteiger partial charge on any atom is -0.480 e. The first-order chi connectivity index (χ1) is 26.9. The number of anilines is 1. The Kier molecular flexibility index (Phi) is 25.5. The maximum absolute atomic E-state index is 11.3. The molecule has 22 heteroatoms. The molecule has 1 aliphatic rings. The molecular formula is C35H56N10O12. The first-order valence-corrected chi connectivity index (χ1v) is 17.8. The van der Waals surface area contributed by atoms with Crippen LogP contribution in [0.1, 0.15) is 74.3 Å². The van der Waals surface area contributed by atoms with Crippen LogP contribution in [0, 0.1) is 0 Å². The Morgan fingerprint density at radius 1 is 0.912 bits per heavy atom. The van der Waals surface area contributed by atoms with Gasteiger partial charge in [0.15, 0.2) is 0 Å². The third-order valence-electron chi connectivity index (χ3n) is 7.68. The molecule has 22 nitrogen and oxygen atoms in total. The number of rotatable bonds is 16. The Morgan fingerprint density at radius 3 is 1.95 bits per heavy atom. The molecule has 19 N–H and O–H groups in total. The van der Waals surface area contributed by atoms with Crippen LogP contribution >= 0.6 is 0 Å². The second-order valence-electron chi connectivity index (χ2n) is 12.4. The summed E-state index contributed by atoms with van der Waals surface area (Å²) in [5, 5.41) is 39.5. The van der Waals surface area contributed by atoms with Crippen molar-refractivity contribution >= 4 is 52.3 Å². The summed E-state index contributed by atoms with van der Waals surface area (Å²) in [6.45, 7) is 3.31. The van der Waals surface area contributed by atoms with Gasteiger partial charge in [0, 0.05) is 30.6 Å². The highest BCUT2D eigenvalue weighted by Gasteiger charge is 2.20. The van der Waals surface area contributed by atoms with E-state index in [1.54, 1.807) is 30.5 Å². The van der Waals surface area contributed by atoms with E-state index in [1.165, 1.54) is 13.3 Å². The number of carbonyl (C=O) groups excluding carboxylic acids is 2. The van der Waals surface area contributed by atoms with Gasteiger partial charge in [-0.3, -0.25) is 24.0 Å². The summed E-state index contributed by atoms with van der Waals surface area (Å²) in [4.78, 5) is 80.5. The van der Waals surface area contributed by atoms with Gasteiger partial charge in [0.1, 0.15) is 35.3 Å². The van der Waals surface area contributed by atoms with Crippen molar-refractivity contribution in [2.75, 3.05) is 25.4 Å². The Labute approximate surface area is 327 Å². The zero-order valence-corrected chi connectivity index (χ0v) is 31.7. The van der Waals surface area contributed by atoms with Crippen molar-refractivity contribution < 1.29 is 53.6 Å². The number of carboxylic acid groups (broad SMARTS) is 4. The zero-order valence-electron chi connectivity index (χ0n) is 31.7. The molecule has 1 fully saturated rings. The van der Waals surface area contributed by atoms with E-state index in [1.807, 2.05) is 0 Å². The van der Waals surface area contributed by atoms with Gasteiger partial charge >= 0.3 is 29.5 Å². The minimum atomic E-state index is -1.00. The average Bonchev–Trinajstić information content (AvgIpc) is 3.88. The van der Waals surface area contributed by atoms with Gasteiger partial charge in [-0.25, -0.2) is 14.6 Å². The van der Waals surface area contributed by atoms with Gasteiger partial charge in [-0.1, -0.05) is 18.6 Å². The quantitative estimate of drug-likeness (QED) is 0.0603. The fraction of sp³-hybridized carbons (Fsp3) is 0.486. The summed E-state index contributed by atoms with van der Waals surface area (Å²) in [5.41, 5.74) is 31.7. The summed E-state index contributed by atoms with van der Waals surface area (Å²) < 4.78 is 4.90. The lowest BCUT2D eigenvalue weighted by Gasteiger charge is -2.12. The molecule has 0 unspecified atom stereocenters. The fourth-order valence-electron chi connectivity index (χ4n) is 4.65. The van der Waals surface area contributed by atoms with Crippen LogP contribution in [-0.4, -0.2) is 110 Å². The highest BCUT2D eigenvalue weighted by molar-refractivity contribution is 6.04. The topological polar surface area (TPSA) is 422 Å². The number of amides is 2. The predicted octanol–water partition coefficient (Wildman–Crippen LogP) is -1.11. The van der Waals surface area contributed by atoms with Crippen LogP contribution in [0.5, 0.6) is 0 Å². The maximum atomic E-state index is 11.3. The molecule has 1 aromatic carbocycles. The van der Waals surface area contributed by atoms with Gasteiger partial charge in [-0.05, 0) is 76.7 Å². The van der Waals surface area contributed by atoms with Crippen molar-refractivity contribution in [2.24, 2.45) is 28.7 Å². The highest BCUT2D eigenvalue weighted by Crippen LogP contribution is 2.21. The van der Waals surface area contributed by atoms with E-state index < -0.39 is 53.5 Å². The number of nitrogens with two attached hydrogens (primary N) is 6. The van der Waals surface area contributed by atoms with E-state index in [-0.39, 0.29) is 29.6 Å². The maximum Gasteiger partial charge on any atom is 0.351 e. The number of aromatic nitrogens is 2. The number of benzene rings is 1. The molecule has 0 saturated carbocycles. The molecular weight excluding hydrogens is 752 g/mol. The number of unbranched alkanes of at least 4 members (excludes halogenated alkanes) is 2. The van der Waals surface area contributed by atoms with Crippen LogP contribution in [0.3, 0.4) is 0 Å². The van der Waals surface area contributed by atoms with E-state index in [9.17, 15) is 33.6 Å². The van der Waals surface area contributed by atoms with Crippen molar-refractivity contribution in [1.82, 2.24) is 20.6 Å². The SMILES string of the molecule is CC(=O)N[C@@H](CCCCN)C(=O)O.NC(=O)c1c(N)c2ccccc2oc1=O.NCCCC[C@H](N)C(=O)O.N[C@@H](Cc1cnc[nH]1)C(=O)O.O=C(O)[C@@H]1CCCN1. The van der Waals surface area contributed by atoms with Crippen molar-refractivity contribution in [3.8, 4) is 0 Å². The van der Waals surface area contributed by atoms with Gasteiger partial charge < -0.3 is 74.9 Å². The molecule has 2 aromatic heterocycles. The lowest BCUT2D eigenvalue weighted by Crippen LogP contribution is -2.39. The number of aliphatic carboxylic acids is 4. The molecule has 0 spiro atoms. The van der Waals surface area contributed by atoms with Gasteiger partial charge in [-0.2, -0.15) is 0 Å². The smallest absolute Gasteiger partial charge is 0.351 e. The van der Waals surface area contributed by atoms with Crippen LogP contribution < -0.4 is 50.7 Å². The standard InChI is InChI=1S/C10H8N2O3.C8H16N2O3.C6H9N3O2.C6H14N2O2.C5H9NO2/c11-8-5-3-1-2-4-6(5)15-10(14)7(8)9(12)13;1-6(11)10-7(8(12)13)4-2-3-5-9;7-5(6(10)11)1-4-2-8-3-9-4;7-4-2-1-3-5(8)6(9)10;7-5(8)4-2-1-3-6-4/h1-4H,11H2,(H2,12,13);7H,2-5,9H2,1H3,(H,10,11)(H,12,13);2-3,5H,1,7H2,(H,8,9)(H,10,11);5H,1-4,7-8H2,(H,9,10);4,6H,1-3H2,(H,7,8)/t;7-;2*5-;4-/m.0000/s1. The summed E-state index contributed by atoms with van der Waals surface area (Å²) in [5.74, 6) is -4.85. The molecule has 4 rings (SSSR count). The number of hydrogen-bond acceptors (Lipinski definition) is 15. The number of carbonyl (C=O) groups is 6. The first-order valence-electron chi connectivity index (χ1n) is 17.8. The number of imidazole rings is 1. The number of nitrogen functional groups attached to an aromatic ring is 1. The van der Waals surface area contributed by atoms with Gasteiger partial charge in [0.25, 0.3) is 5.91 Å². The Morgan fingerprint density at radius 2 is 1.51 bits per heavy atom. The molecule has 1 aliphatic heterocycles. The normalized spacial score (nSPS) is 14.2. The van der Waals surface area contributed by atoms with Crippen molar-refractivity contribution in [3.05, 3.63) is 58.5 Å². The number of nitrogens with zero attached hydrogens (tertiary/aromatic N) is 1. The van der Waals surface area contributed by atoms with E-state index in [0.29, 0.717) is 43.3 Å². The number of hydrogen-bond donors (Lipinski definition) is 13. The lowest BCUT2D eigenvalue weighted by atomic mass is 10.1. The van der Waals surface area contributed by atoms with Crippen LogP contribution in [0.4, 0.5) is 5.69 Å². The van der Waals surface area contributed by atoms with Crippen LogP contribution in [-0.2, 0) is 30.4 Å². The van der Waals surface area contributed by atoms with E-state index >= 15 is 0 Å². The van der Waals surface area contributed by atoms with Gasteiger partial charge in [-0.15, -0.1) is 0 Å². The lowest BCUT2D eigenvalue weighted by molar-refractivity contribution is -0.142. The summed E-state index contributed by atoms with van der Waals surface area (Å²) in [6, 6.07) is 4.07. The van der Waals surface area contributed by atoms with E-state index in [2.05, 4.69) is 20.6 Å². The number of carboxylic acids is 4. The number of para-hydroxylation sites is 1. The van der Waals surface area contributed by atoms with E-state index in [4.69, 9.17) is 59.2 Å². The molecule has 0 aliphatic carbocycles. The van der Waals surface area contributed by atoms with Crippen LogP contribution in [0.25, 0.3) is 11.0 Å². The summed E-state index contributed by atoms with van der Waals surface area (Å²) in [7, 11) is 0. The predicted molar refractivity (Wildman–Crippen MR) is 209 cm³/mol. The summed E-state index contributed by atoms with van der Waals surface area (Å²) in [6.07, 6.45) is 9.22. The van der Waals surface area contributed by atoms with Gasteiger partial charge in [0.05, 0.1) is 12.0 Å². The summed E-state index contributed by atoms with van der Waals surface area (Å²) >= 11 is 0. The van der Waals surface area contributed by atoms with Crippen molar-refractivity contribution in [2.45, 2.75) is 88.9 Å². The van der Waals surface area contributed by atoms with Gasteiger partial charge in [0.2, 0.25) is 5.91 Å². The first kappa shape index (κ1) is 51.1. The third-order valence-corrected chi connectivity index (χ3v) is 7.68. The third kappa shape index (κ3) is 21.7. The largest absolute Gasteiger partial charge is 0.480 e. The number of primary amides is 1. The molecule has 57 heavy (non-hydrogen) atoms. The zero-order chi connectivity index (χ0) is 43.5. The molecule has 0 bridgehead atoms. The number of aromatic amines is 1.